The van der Waals surface area contributed by atoms with Crippen molar-refractivity contribution < 1.29 is 14.7 Å². The number of carbonyl (C=O) groups is 2. The maximum absolute atomic E-state index is 10.7. The molecule has 0 aliphatic heterocycles. The summed E-state index contributed by atoms with van der Waals surface area (Å²) in [5.41, 5.74) is 0. The van der Waals surface area contributed by atoms with E-state index >= 15 is 0 Å². The second-order valence-electron chi connectivity index (χ2n) is 3.02. The van der Waals surface area contributed by atoms with Crippen LogP contribution in [0.1, 0.15) is 20.3 Å². The van der Waals surface area contributed by atoms with Crippen molar-refractivity contribution in [2.45, 2.75) is 31.6 Å². The van der Waals surface area contributed by atoms with Crippen molar-refractivity contribution >= 4 is 23.6 Å². The van der Waals surface area contributed by atoms with Crippen LogP contribution in [0.15, 0.2) is 0 Å². The van der Waals surface area contributed by atoms with Gasteiger partial charge in [0.25, 0.3) is 0 Å². The highest BCUT2D eigenvalue weighted by atomic mass is 32.2. The zero-order valence-electron chi connectivity index (χ0n) is 8.69. The van der Waals surface area contributed by atoms with Crippen molar-refractivity contribution in [1.29, 1.82) is 5.26 Å². The van der Waals surface area contributed by atoms with Gasteiger partial charge >= 0.3 is 5.97 Å². The summed E-state index contributed by atoms with van der Waals surface area (Å²) in [6.07, 6.45) is 0.325. The molecule has 0 fully saturated rings. The van der Waals surface area contributed by atoms with E-state index in [1.807, 2.05) is 6.07 Å². The lowest BCUT2D eigenvalue weighted by Gasteiger charge is -2.12. The number of nitrogens with zero attached hydrogens (tertiary/aromatic N) is 1. The Labute approximate surface area is 92.8 Å². The molecule has 0 aromatic rings. The molecule has 0 saturated heterocycles. The Balaban J connectivity index is 3.93. The van der Waals surface area contributed by atoms with Crippen LogP contribution < -0.4 is 5.32 Å². The van der Waals surface area contributed by atoms with Gasteiger partial charge < -0.3 is 10.4 Å². The molecule has 0 rings (SSSR count). The molecule has 2 N–H and O–H groups in total. The zero-order chi connectivity index (χ0) is 11.8. The van der Waals surface area contributed by atoms with Crippen LogP contribution in [-0.4, -0.2) is 34.0 Å². The monoisotopic (exact) mass is 230 g/mol. The first-order chi connectivity index (χ1) is 6.97. The third-order valence-electron chi connectivity index (χ3n) is 1.63. The standard InChI is InChI=1S/C9H14N2O3S/c1-6(5-10)15-4-3-8(9(13)14)11-7(2)12/h6,8H,3-4H2,1-2H3,(H,11,12)(H,13,14). The van der Waals surface area contributed by atoms with Crippen molar-refractivity contribution in [1.82, 2.24) is 5.32 Å². The van der Waals surface area contributed by atoms with E-state index in [4.69, 9.17) is 10.4 Å². The van der Waals surface area contributed by atoms with E-state index in [2.05, 4.69) is 5.32 Å². The lowest BCUT2D eigenvalue weighted by Crippen LogP contribution is -2.40. The predicted molar refractivity (Wildman–Crippen MR) is 57.4 cm³/mol. The summed E-state index contributed by atoms with van der Waals surface area (Å²) in [6, 6.07) is 1.18. The summed E-state index contributed by atoms with van der Waals surface area (Å²) >= 11 is 1.37. The Hall–Kier alpha value is -1.22. The minimum atomic E-state index is -1.05. The number of nitrogens with one attached hydrogen (secondary N) is 1. The predicted octanol–water partition coefficient (Wildman–Crippen LogP) is 0.611. The van der Waals surface area contributed by atoms with Crippen LogP contribution >= 0.6 is 11.8 Å². The highest BCUT2D eigenvalue weighted by Gasteiger charge is 2.18. The lowest BCUT2D eigenvalue weighted by molar-refractivity contribution is -0.141. The number of carboxylic acids is 1. The molecule has 0 saturated carbocycles. The Morgan fingerprint density at radius 1 is 1.60 bits per heavy atom. The van der Waals surface area contributed by atoms with Crippen LogP contribution in [0.2, 0.25) is 0 Å². The van der Waals surface area contributed by atoms with Gasteiger partial charge in [-0.05, 0) is 19.1 Å². The van der Waals surface area contributed by atoms with Gasteiger partial charge in [-0.15, -0.1) is 11.8 Å². The smallest absolute Gasteiger partial charge is 0.326 e. The highest BCUT2D eigenvalue weighted by molar-refractivity contribution is 8.00. The van der Waals surface area contributed by atoms with Crippen molar-refractivity contribution in [3.63, 3.8) is 0 Å². The molecule has 2 atom stereocenters. The van der Waals surface area contributed by atoms with Gasteiger partial charge in [-0.3, -0.25) is 4.79 Å². The fourth-order valence-electron chi connectivity index (χ4n) is 0.903. The second kappa shape index (κ2) is 7.12. The first kappa shape index (κ1) is 13.8. The molecule has 0 aliphatic carbocycles. The van der Waals surface area contributed by atoms with E-state index in [0.29, 0.717) is 12.2 Å². The number of carbonyl (C=O) groups excluding carboxylic acids is 1. The minimum absolute atomic E-state index is 0.156. The number of thioether (sulfide) groups is 1. The normalized spacial score (nSPS) is 13.7. The quantitative estimate of drug-likeness (QED) is 0.697. The topological polar surface area (TPSA) is 90.2 Å². The van der Waals surface area contributed by atoms with E-state index in [-0.39, 0.29) is 11.2 Å². The zero-order valence-corrected chi connectivity index (χ0v) is 9.50. The Morgan fingerprint density at radius 2 is 2.20 bits per heavy atom. The van der Waals surface area contributed by atoms with E-state index < -0.39 is 12.0 Å². The van der Waals surface area contributed by atoms with Crippen LogP contribution in [-0.2, 0) is 9.59 Å². The number of hydrogen-bond acceptors (Lipinski definition) is 4. The van der Waals surface area contributed by atoms with Crippen LogP contribution in [0.25, 0.3) is 0 Å². The van der Waals surface area contributed by atoms with Gasteiger partial charge in [0, 0.05) is 6.92 Å². The van der Waals surface area contributed by atoms with E-state index in [9.17, 15) is 9.59 Å². The number of hydrogen-bond donors (Lipinski definition) is 2. The van der Waals surface area contributed by atoms with E-state index in [1.54, 1.807) is 6.92 Å². The third-order valence-corrected chi connectivity index (χ3v) is 2.71. The van der Waals surface area contributed by atoms with Crippen LogP contribution in [0.3, 0.4) is 0 Å². The molecular formula is C9H14N2O3S. The molecule has 0 aromatic carbocycles. The van der Waals surface area contributed by atoms with Gasteiger partial charge in [0.15, 0.2) is 0 Å². The second-order valence-corrected chi connectivity index (χ2v) is 4.47. The van der Waals surface area contributed by atoms with Crippen molar-refractivity contribution in [2.75, 3.05) is 5.75 Å². The fraction of sp³-hybridized carbons (Fsp3) is 0.667. The molecule has 0 spiro atoms. The third kappa shape index (κ3) is 6.80. The van der Waals surface area contributed by atoms with Gasteiger partial charge in [-0.25, -0.2) is 4.79 Å². The number of nitriles is 1. The largest absolute Gasteiger partial charge is 0.480 e. The average Bonchev–Trinajstić information content (AvgIpc) is 2.15. The molecule has 0 aliphatic rings. The summed E-state index contributed by atoms with van der Waals surface area (Å²) in [5, 5.41) is 19.4. The molecule has 0 heterocycles. The van der Waals surface area contributed by atoms with Gasteiger partial charge in [-0.2, -0.15) is 5.26 Å². The number of amides is 1. The lowest BCUT2D eigenvalue weighted by atomic mass is 10.2. The highest BCUT2D eigenvalue weighted by Crippen LogP contribution is 2.11. The molecule has 2 unspecified atom stereocenters. The Bertz CT molecular complexity index is 275. The summed E-state index contributed by atoms with van der Waals surface area (Å²) in [7, 11) is 0. The summed E-state index contributed by atoms with van der Waals surface area (Å²) < 4.78 is 0. The molecule has 0 bridgehead atoms. The molecule has 6 heteroatoms. The van der Waals surface area contributed by atoms with Gasteiger partial charge in [0.05, 0.1) is 11.3 Å². The maximum Gasteiger partial charge on any atom is 0.326 e. The molecule has 1 amide bonds. The Kier molecular flexibility index (Phi) is 6.54. The number of rotatable bonds is 6. The number of aliphatic carboxylic acids is 1. The van der Waals surface area contributed by atoms with Crippen LogP contribution in [0.4, 0.5) is 0 Å². The molecular weight excluding hydrogens is 216 g/mol. The van der Waals surface area contributed by atoms with Crippen molar-refractivity contribution in [2.24, 2.45) is 0 Å². The first-order valence-corrected chi connectivity index (χ1v) is 5.53. The first-order valence-electron chi connectivity index (χ1n) is 4.48. The molecule has 5 nitrogen and oxygen atoms in total. The van der Waals surface area contributed by atoms with Gasteiger partial charge in [-0.1, -0.05) is 0 Å². The summed E-state index contributed by atoms with van der Waals surface area (Å²) in [5.74, 6) is -0.873. The van der Waals surface area contributed by atoms with Gasteiger partial charge in [0.1, 0.15) is 6.04 Å². The Morgan fingerprint density at radius 3 is 2.60 bits per heavy atom. The summed E-state index contributed by atoms with van der Waals surface area (Å²) in [6.45, 7) is 3.03. The SMILES string of the molecule is CC(=O)NC(CCSC(C)C#N)C(=O)O. The van der Waals surface area contributed by atoms with Crippen LogP contribution in [0, 0.1) is 11.3 Å². The van der Waals surface area contributed by atoms with Gasteiger partial charge in [0.2, 0.25) is 5.91 Å². The molecule has 0 aromatic heterocycles. The minimum Gasteiger partial charge on any atom is -0.480 e. The molecule has 84 valence electrons. The number of carboxylic acid groups (broad SMARTS) is 1. The van der Waals surface area contributed by atoms with E-state index in [1.165, 1.54) is 18.7 Å². The average molecular weight is 230 g/mol. The van der Waals surface area contributed by atoms with Crippen molar-refractivity contribution in [3.05, 3.63) is 0 Å². The maximum atomic E-state index is 10.7. The molecule has 15 heavy (non-hydrogen) atoms. The van der Waals surface area contributed by atoms with E-state index in [0.717, 1.165) is 0 Å². The molecule has 0 radical (unpaired) electrons. The van der Waals surface area contributed by atoms with Crippen LogP contribution in [0.5, 0.6) is 0 Å². The van der Waals surface area contributed by atoms with Crippen molar-refractivity contribution in [3.8, 4) is 6.07 Å². The summed E-state index contributed by atoms with van der Waals surface area (Å²) in [4.78, 5) is 21.4. The fourth-order valence-corrected chi connectivity index (χ4v) is 1.70.